The van der Waals surface area contributed by atoms with Crippen molar-refractivity contribution >= 4 is 11.9 Å². The molecule has 6 heteroatoms. The van der Waals surface area contributed by atoms with Gasteiger partial charge in [0.15, 0.2) is 6.61 Å². The van der Waals surface area contributed by atoms with Gasteiger partial charge < -0.3 is 20.0 Å². The average Bonchev–Trinajstić information content (AvgIpc) is 2.25. The Kier molecular flexibility index (Phi) is 4.26. The van der Waals surface area contributed by atoms with Crippen molar-refractivity contribution in [2.75, 3.05) is 13.2 Å². The van der Waals surface area contributed by atoms with Crippen LogP contribution in [0.1, 0.15) is 0 Å². The van der Waals surface area contributed by atoms with Gasteiger partial charge in [0, 0.05) is 0 Å². The van der Waals surface area contributed by atoms with Crippen LogP contribution in [-0.4, -0.2) is 25.0 Å². The smallest absolute Gasteiger partial charge is 0.258 e. The third-order valence-corrected chi connectivity index (χ3v) is 1.61. The van der Waals surface area contributed by atoms with Crippen LogP contribution < -0.4 is 15.2 Å². The van der Waals surface area contributed by atoms with Crippen LogP contribution in [0.3, 0.4) is 0 Å². The molecule has 0 saturated heterocycles. The van der Waals surface area contributed by atoms with E-state index in [4.69, 9.17) is 4.74 Å². The predicted molar refractivity (Wildman–Crippen MR) is 49.9 cm³/mol. The SMILES string of the molecule is O=C([O-])CNC(=O)COc1ccc(F)cc1. The first-order valence-corrected chi connectivity index (χ1v) is 4.43. The second kappa shape index (κ2) is 5.69. The number of hydrogen-bond donors (Lipinski definition) is 1. The maximum Gasteiger partial charge on any atom is 0.258 e. The molecule has 0 aromatic heterocycles. The van der Waals surface area contributed by atoms with E-state index in [1.807, 2.05) is 0 Å². The van der Waals surface area contributed by atoms with E-state index >= 15 is 0 Å². The molecule has 0 heterocycles. The number of ether oxygens (including phenoxy) is 1. The molecule has 0 bridgehead atoms. The summed E-state index contributed by atoms with van der Waals surface area (Å²) < 4.78 is 17.5. The molecule has 1 aromatic rings. The molecule has 16 heavy (non-hydrogen) atoms. The lowest BCUT2D eigenvalue weighted by Gasteiger charge is -2.07. The minimum atomic E-state index is -1.38. The Morgan fingerprint density at radius 2 is 1.94 bits per heavy atom. The summed E-state index contributed by atoms with van der Waals surface area (Å²) in [7, 11) is 0. The number of hydrogen-bond acceptors (Lipinski definition) is 4. The molecular formula is C10H9FNO4-. The number of carbonyl (C=O) groups excluding carboxylic acids is 2. The molecule has 86 valence electrons. The molecular weight excluding hydrogens is 217 g/mol. The highest BCUT2D eigenvalue weighted by molar-refractivity contribution is 5.81. The summed E-state index contributed by atoms with van der Waals surface area (Å²) in [6.45, 7) is -0.898. The predicted octanol–water partition coefficient (Wildman–Crippen LogP) is -0.929. The lowest BCUT2D eigenvalue weighted by Crippen LogP contribution is -2.39. The van der Waals surface area contributed by atoms with Crippen molar-refractivity contribution in [3.8, 4) is 5.75 Å². The number of carboxylic acids is 1. The van der Waals surface area contributed by atoms with Gasteiger partial charge in [-0.2, -0.15) is 0 Å². The lowest BCUT2D eigenvalue weighted by atomic mass is 10.3. The first kappa shape index (κ1) is 12.0. The van der Waals surface area contributed by atoms with E-state index < -0.39 is 24.2 Å². The van der Waals surface area contributed by atoms with Crippen LogP contribution in [0.2, 0.25) is 0 Å². The lowest BCUT2D eigenvalue weighted by molar-refractivity contribution is -0.304. The first-order valence-electron chi connectivity index (χ1n) is 4.43. The summed E-state index contributed by atoms with van der Waals surface area (Å²) >= 11 is 0. The largest absolute Gasteiger partial charge is 0.548 e. The summed E-state index contributed by atoms with van der Waals surface area (Å²) in [6.07, 6.45) is 0. The van der Waals surface area contributed by atoms with E-state index in [0.717, 1.165) is 0 Å². The fourth-order valence-electron chi connectivity index (χ4n) is 0.901. The number of aliphatic carboxylic acids is 1. The number of rotatable bonds is 5. The Balaban J connectivity index is 2.31. The van der Waals surface area contributed by atoms with Crippen molar-refractivity contribution < 1.29 is 23.8 Å². The number of carbonyl (C=O) groups is 2. The van der Waals surface area contributed by atoms with Gasteiger partial charge in [-0.15, -0.1) is 0 Å². The van der Waals surface area contributed by atoms with E-state index in [-0.39, 0.29) is 6.61 Å². The zero-order chi connectivity index (χ0) is 12.0. The van der Waals surface area contributed by atoms with Crippen molar-refractivity contribution in [2.45, 2.75) is 0 Å². The van der Waals surface area contributed by atoms with Gasteiger partial charge in [-0.1, -0.05) is 0 Å². The van der Waals surface area contributed by atoms with Gasteiger partial charge in [-0.3, -0.25) is 4.79 Å². The summed E-state index contributed by atoms with van der Waals surface area (Å²) in [6, 6.07) is 5.10. The van der Waals surface area contributed by atoms with Crippen molar-refractivity contribution in [2.24, 2.45) is 0 Å². The highest BCUT2D eigenvalue weighted by Gasteiger charge is 2.02. The van der Waals surface area contributed by atoms with Crippen molar-refractivity contribution in [3.63, 3.8) is 0 Å². The third-order valence-electron chi connectivity index (χ3n) is 1.61. The van der Waals surface area contributed by atoms with Crippen LogP contribution in [0.4, 0.5) is 4.39 Å². The fourth-order valence-corrected chi connectivity index (χ4v) is 0.901. The quantitative estimate of drug-likeness (QED) is 0.703. The molecule has 0 radical (unpaired) electrons. The number of amides is 1. The summed E-state index contributed by atoms with van der Waals surface area (Å²) in [4.78, 5) is 21.0. The molecule has 0 aliphatic heterocycles. The maximum absolute atomic E-state index is 12.5. The second-order valence-electron chi connectivity index (χ2n) is 2.89. The van der Waals surface area contributed by atoms with E-state index in [0.29, 0.717) is 5.75 Å². The van der Waals surface area contributed by atoms with Crippen LogP contribution in [-0.2, 0) is 9.59 Å². The van der Waals surface area contributed by atoms with Gasteiger partial charge in [-0.25, -0.2) is 4.39 Å². The van der Waals surface area contributed by atoms with Crippen molar-refractivity contribution in [1.82, 2.24) is 5.32 Å². The normalized spacial score (nSPS) is 9.56. The van der Waals surface area contributed by atoms with E-state index in [1.165, 1.54) is 24.3 Å². The Labute approximate surface area is 90.8 Å². The Morgan fingerprint density at radius 3 is 2.50 bits per heavy atom. The van der Waals surface area contributed by atoms with Gasteiger partial charge in [0.2, 0.25) is 0 Å². The van der Waals surface area contributed by atoms with E-state index in [9.17, 15) is 19.1 Å². The molecule has 0 fully saturated rings. The third kappa shape index (κ3) is 4.41. The first-order chi connectivity index (χ1) is 7.58. The molecule has 1 amide bonds. The molecule has 0 unspecified atom stereocenters. The van der Waals surface area contributed by atoms with Crippen molar-refractivity contribution in [1.29, 1.82) is 0 Å². The van der Waals surface area contributed by atoms with Crippen LogP contribution in [0.5, 0.6) is 5.75 Å². The van der Waals surface area contributed by atoms with Crippen LogP contribution in [0, 0.1) is 5.82 Å². The van der Waals surface area contributed by atoms with Crippen LogP contribution >= 0.6 is 0 Å². The summed E-state index contributed by atoms with van der Waals surface area (Å²) in [5, 5.41) is 12.1. The van der Waals surface area contributed by atoms with Gasteiger partial charge in [-0.05, 0) is 24.3 Å². The summed E-state index contributed by atoms with van der Waals surface area (Å²) in [5.74, 6) is -2.05. The van der Waals surface area contributed by atoms with E-state index in [2.05, 4.69) is 5.32 Å². The molecule has 0 spiro atoms. The molecule has 1 rings (SSSR count). The minimum Gasteiger partial charge on any atom is -0.548 e. The molecule has 5 nitrogen and oxygen atoms in total. The fraction of sp³-hybridized carbons (Fsp3) is 0.200. The minimum absolute atomic E-state index is 0.324. The van der Waals surface area contributed by atoms with Crippen LogP contribution in [0.25, 0.3) is 0 Å². The number of benzene rings is 1. The molecule has 0 saturated carbocycles. The molecule has 1 N–H and O–H groups in total. The van der Waals surface area contributed by atoms with E-state index in [1.54, 1.807) is 0 Å². The number of carboxylic acid groups (broad SMARTS) is 1. The van der Waals surface area contributed by atoms with Gasteiger partial charge >= 0.3 is 0 Å². The zero-order valence-corrected chi connectivity index (χ0v) is 8.23. The number of halogens is 1. The van der Waals surface area contributed by atoms with Gasteiger partial charge in [0.05, 0.1) is 12.5 Å². The molecule has 0 aliphatic rings. The maximum atomic E-state index is 12.5. The molecule has 0 aliphatic carbocycles. The molecule has 0 atom stereocenters. The Hall–Kier alpha value is -2.11. The second-order valence-corrected chi connectivity index (χ2v) is 2.89. The molecule has 1 aromatic carbocycles. The monoisotopic (exact) mass is 226 g/mol. The standard InChI is InChI=1S/C10H10FNO4/c11-7-1-3-8(4-2-7)16-6-9(13)12-5-10(14)15/h1-4H,5-6H2,(H,12,13)(H,14,15)/p-1. The highest BCUT2D eigenvalue weighted by atomic mass is 19.1. The highest BCUT2D eigenvalue weighted by Crippen LogP contribution is 2.10. The topological polar surface area (TPSA) is 78.5 Å². The van der Waals surface area contributed by atoms with Crippen LogP contribution in [0.15, 0.2) is 24.3 Å². The van der Waals surface area contributed by atoms with Crippen molar-refractivity contribution in [3.05, 3.63) is 30.1 Å². The zero-order valence-electron chi connectivity index (χ0n) is 8.23. The number of nitrogens with one attached hydrogen (secondary N) is 1. The Bertz CT molecular complexity index is 377. The Morgan fingerprint density at radius 1 is 1.31 bits per heavy atom. The average molecular weight is 226 g/mol. The van der Waals surface area contributed by atoms with Gasteiger partial charge in [0.1, 0.15) is 11.6 Å². The van der Waals surface area contributed by atoms with Gasteiger partial charge in [0.25, 0.3) is 5.91 Å². The summed E-state index contributed by atoms with van der Waals surface area (Å²) in [5.41, 5.74) is 0.